The lowest BCUT2D eigenvalue weighted by atomic mass is 9.99. The molecule has 0 saturated heterocycles. The van der Waals surface area contributed by atoms with E-state index in [1.165, 1.54) is 24.3 Å². The molecule has 0 saturated carbocycles. The third kappa shape index (κ3) is 13.0. The minimum Gasteiger partial charge on any atom is -0.508 e. The first kappa shape index (κ1) is 35.4. The van der Waals surface area contributed by atoms with Gasteiger partial charge in [-0.1, -0.05) is 76.6 Å². The summed E-state index contributed by atoms with van der Waals surface area (Å²) in [6.45, 7) is 10.2. The fourth-order valence-electron chi connectivity index (χ4n) is 4.78. The maximum atomic E-state index is 14.5. The minimum atomic E-state index is -1.04. The summed E-state index contributed by atoms with van der Waals surface area (Å²) in [6, 6.07) is 10.7. The summed E-state index contributed by atoms with van der Waals surface area (Å²) in [7, 11) is 0. The van der Waals surface area contributed by atoms with Gasteiger partial charge in [0.1, 0.15) is 29.2 Å². The van der Waals surface area contributed by atoms with Crippen molar-refractivity contribution in [2.24, 2.45) is 0 Å². The van der Waals surface area contributed by atoms with E-state index < -0.39 is 29.7 Å². The normalized spacial score (nSPS) is 12.7. The number of carbonyl (C=O) groups is 3. The molecular formula is C34H51N3O6. The quantitative estimate of drug-likeness (QED) is 0.157. The van der Waals surface area contributed by atoms with Crippen LogP contribution in [0, 0.1) is 0 Å². The van der Waals surface area contributed by atoms with Crippen LogP contribution < -0.4 is 10.6 Å². The number of phenolic OH excluding ortho intramolecular Hbond substituents is 2. The van der Waals surface area contributed by atoms with Gasteiger partial charge in [0.05, 0.1) is 0 Å². The first-order valence-electron chi connectivity index (χ1n) is 15.6. The van der Waals surface area contributed by atoms with Crippen LogP contribution in [0.15, 0.2) is 48.5 Å². The Kier molecular flexibility index (Phi) is 14.9. The molecule has 0 fully saturated rings. The highest BCUT2D eigenvalue weighted by Gasteiger charge is 2.36. The lowest BCUT2D eigenvalue weighted by Gasteiger charge is -2.34. The van der Waals surface area contributed by atoms with Crippen molar-refractivity contribution in [2.75, 3.05) is 13.1 Å². The number of alkyl carbamates (subject to hydrolysis) is 1. The van der Waals surface area contributed by atoms with Crippen LogP contribution in [0.2, 0.25) is 0 Å². The van der Waals surface area contributed by atoms with Gasteiger partial charge in [-0.15, -0.1) is 0 Å². The number of rotatable bonds is 17. The van der Waals surface area contributed by atoms with Gasteiger partial charge < -0.3 is 30.5 Å². The number of amides is 3. The predicted molar refractivity (Wildman–Crippen MR) is 169 cm³/mol. The molecule has 9 nitrogen and oxygen atoms in total. The molecule has 0 heterocycles. The lowest BCUT2D eigenvalue weighted by Crippen LogP contribution is -2.54. The maximum absolute atomic E-state index is 14.5. The fourth-order valence-corrected chi connectivity index (χ4v) is 4.78. The minimum absolute atomic E-state index is 0.0556. The summed E-state index contributed by atoms with van der Waals surface area (Å²) in [6.07, 6.45) is 6.93. The molecule has 0 aliphatic rings. The van der Waals surface area contributed by atoms with Gasteiger partial charge in [-0.05, 0) is 69.0 Å². The molecule has 4 N–H and O–H groups in total. The van der Waals surface area contributed by atoms with Gasteiger partial charge >= 0.3 is 6.09 Å². The number of carbonyl (C=O) groups excluding carboxylic acids is 3. The number of nitrogens with zero attached hydrogens (tertiary/aromatic N) is 1. The number of hydrogen-bond donors (Lipinski definition) is 4. The number of benzene rings is 2. The third-order valence-electron chi connectivity index (χ3n) is 7.00. The van der Waals surface area contributed by atoms with Gasteiger partial charge in [0.15, 0.2) is 0 Å². The zero-order chi connectivity index (χ0) is 31.8. The Labute approximate surface area is 257 Å². The summed E-state index contributed by atoms with van der Waals surface area (Å²) in [5.41, 5.74) is 0.510. The molecule has 43 heavy (non-hydrogen) atoms. The van der Waals surface area contributed by atoms with Gasteiger partial charge in [0.2, 0.25) is 11.8 Å². The van der Waals surface area contributed by atoms with Crippen molar-refractivity contribution in [3.05, 3.63) is 59.7 Å². The van der Waals surface area contributed by atoms with Gasteiger partial charge in [-0.3, -0.25) is 9.59 Å². The van der Waals surface area contributed by atoms with E-state index in [2.05, 4.69) is 24.5 Å². The predicted octanol–water partition coefficient (Wildman–Crippen LogP) is 6.38. The van der Waals surface area contributed by atoms with Crippen LogP contribution in [-0.4, -0.2) is 57.8 Å². The Morgan fingerprint density at radius 2 is 1.37 bits per heavy atom. The second-order valence-corrected chi connectivity index (χ2v) is 12.0. The fraction of sp³-hybridized carbons (Fsp3) is 0.559. The van der Waals surface area contributed by atoms with Crippen molar-refractivity contribution in [3.8, 4) is 11.5 Å². The van der Waals surface area contributed by atoms with Crippen LogP contribution in [0.4, 0.5) is 4.79 Å². The van der Waals surface area contributed by atoms with Crippen LogP contribution in [0.3, 0.4) is 0 Å². The molecule has 2 unspecified atom stereocenters. The number of hydrogen-bond acceptors (Lipinski definition) is 6. The molecule has 2 aromatic carbocycles. The molecule has 0 aromatic heterocycles. The van der Waals surface area contributed by atoms with E-state index in [-0.39, 0.29) is 23.8 Å². The first-order chi connectivity index (χ1) is 20.4. The highest BCUT2D eigenvalue weighted by molar-refractivity contribution is 5.92. The van der Waals surface area contributed by atoms with E-state index in [1.807, 2.05) is 0 Å². The van der Waals surface area contributed by atoms with E-state index in [4.69, 9.17) is 4.74 Å². The maximum Gasteiger partial charge on any atom is 0.408 e. The van der Waals surface area contributed by atoms with E-state index in [0.29, 0.717) is 25.1 Å². The third-order valence-corrected chi connectivity index (χ3v) is 7.00. The largest absolute Gasteiger partial charge is 0.508 e. The number of unbranched alkanes of at least 4 members (excludes halogenated alkanes) is 6. The molecule has 2 atom stereocenters. The molecule has 2 aromatic rings. The van der Waals surface area contributed by atoms with Crippen LogP contribution in [-0.2, 0) is 20.7 Å². The van der Waals surface area contributed by atoms with E-state index in [9.17, 15) is 24.6 Å². The summed E-state index contributed by atoms with van der Waals surface area (Å²) < 4.78 is 5.49. The van der Waals surface area contributed by atoms with Crippen molar-refractivity contribution in [3.63, 3.8) is 0 Å². The summed E-state index contributed by atoms with van der Waals surface area (Å²) in [4.78, 5) is 42.8. The molecule has 3 amide bonds. The van der Waals surface area contributed by atoms with Gasteiger partial charge in [0.25, 0.3) is 0 Å². The van der Waals surface area contributed by atoms with Gasteiger partial charge in [-0.25, -0.2) is 4.79 Å². The number of phenols is 2. The van der Waals surface area contributed by atoms with Crippen LogP contribution in [0.5, 0.6) is 11.5 Å². The molecule has 2 rings (SSSR count). The molecule has 0 radical (unpaired) electrons. The van der Waals surface area contributed by atoms with Crippen LogP contribution in [0.1, 0.15) is 103 Å². The SMILES string of the molecule is CCCCCCCN(C(=O)C(Cc1ccc(O)cc1)NC(=O)OC(C)(C)C)C(C(=O)NCCCCC)c1ccc(O)cc1. The highest BCUT2D eigenvalue weighted by Crippen LogP contribution is 2.26. The van der Waals surface area contributed by atoms with E-state index in [1.54, 1.807) is 49.9 Å². The summed E-state index contributed by atoms with van der Waals surface area (Å²) in [5.74, 6) is -0.590. The van der Waals surface area contributed by atoms with Crippen molar-refractivity contribution in [2.45, 2.75) is 110 Å². The Morgan fingerprint density at radius 3 is 1.95 bits per heavy atom. The van der Waals surface area contributed by atoms with E-state index >= 15 is 0 Å². The van der Waals surface area contributed by atoms with Crippen LogP contribution >= 0.6 is 0 Å². The summed E-state index contributed by atoms with van der Waals surface area (Å²) >= 11 is 0. The van der Waals surface area contributed by atoms with Crippen molar-refractivity contribution < 1.29 is 29.3 Å². The second-order valence-electron chi connectivity index (χ2n) is 12.0. The monoisotopic (exact) mass is 597 g/mol. The average Bonchev–Trinajstić information content (AvgIpc) is 2.95. The van der Waals surface area contributed by atoms with E-state index in [0.717, 1.165) is 50.5 Å². The first-order valence-corrected chi connectivity index (χ1v) is 15.6. The lowest BCUT2D eigenvalue weighted by molar-refractivity contribution is -0.142. The Balaban J connectivity index is 2.51. The average molecular weight is 598 g/mol. The Bertz CT molecular complexity index is 1130. The molecule has 9 heteroatoms. The molecule has 0 bridgehead atoms. The summed E-state index contributed by atoms with van der Waals surface area (Å²) in [5, 5.41) is 25.5. The van der Waals surface area contributed by atoms with Crippen molar-refractivity contribution in [1.29, 1.82) is 0 Å². The smallest absolute Gasteiger partial charge is 0.408 e. The topological polar surface area (TPSA) is 128 Å². The number of nitrogens with one attached hydrogen (secondary N) is 2. The highest BCUT2D eigenvalue weighted by atomic mass is 16.6. The zero-order valence-corrected chi connectivity index (χ0v) is 26.5. The molecule has 0 spiro atoms. The molecule has 0 aliphatic heterocycles. The number of ether oxygens (including phenoxy) is 1. The zero-order valence-electron chi connectivity index (χ0n) is 26.5. The van der Waals surface area contributed by atoms with Crippen molar-refractivity contribution in [1.82, 2.24) is 15.5 Å². The van der Waals surface area contributed by atoms with Gasteiger partial charge in [-0.2, -0.15) is 0 Å². The second kappa shape index (κ2) is 18.0. The van der Waals surface area contributed by atoms with Gasteiger partial charge in [0, 0.05) is 19.5 Å². The molecular weight excluding hydrogens is 546 g/mol. The molecule has 238 valence electrons. The Morgan fingerprint density at radius 1 is 0.814 bits per heavy atom. The number of aromatic hydroxyl groups is 2. The molecule has 0 aliphatic carbocycles. The van der Waals surface area contributed by atoms with Crippen LogP contribution in [0.25, 0.3) is 0 Å². The van der Waals surface area contributed by atoms with Crippen molar-refractivity contribution >= 4 is 17.9 Å². The standard InChI is InChI=1S/C34H51N3O6/c1-6-8-10-11-13-23-37(30(26-16-20-28(39)21-17-26)31(40)35-22-12-9-7-2)32(41)29(36-33(42)43-34(3,4)5)24-25-14-18-27(38)19-15-25/h14-21,29-30,38-39H,6-13,22-24H2,1-5H3,(H,35,40)(H,36,42). The Hall–Kier alpha value is -3.75.